The summed E-state index contributed by atoms with van der Waals surface area (Å²) in [5, 5.41) is 2.88. The van der Waals surface area contributed by atoms with Crippen molar-refractivity contribution >= 4 is 11.6 Å². The molecule has 2 aromatic carbocycles. The van der Waals surface area contributed by atoms with Gasteiger partial charge in [-0.3, -0.25) is 9.69 Å². The van der Waals surface area contributed by atoms with E-state index < -0.39 is 0 Å². The summed E-state index contributed by atoms with van der Waals surface area (Å²) in [6.45, 7) is 3.14. The molecule has 1 amide bonds. The van der Waals surface area contributed by atoms with Crippen LogP contribution >= 0.6 is 0 Å². The molecule has 124 valence electrons. The van der Waals surface area contributed by atoms with Gasteiger partial charge in [-0.05, 0) is 55.2 Å². The van der Waals surface area contributed by atoms with Crippen molar-refractivity contribution < 1.29 is 9.53 Å². The number of nitrogens with zero attached hydrogens (tertiary/aromatic N) is 1. The van der Waals surface area contributed by atoms with Crippen molar-refractivity contribution in [2.24, 2.45) is 5.92 Å². The molecule has 24 heavy (non-hydrogen) atoms. The first-order valence-electron chi connectivity index (χ1n) is 8.61. The fourth-order valence-corrected chi connectivity index (χ4v) is 2.86. The molecule has 1 N–H and O–H groups in total. The predicted octanol–water partition coefficient (Wildman–Crippen LogP) is 3.41. The lowest BCUT2D eigenvalue weighted by atomic mass is 10.2. The molecule has 0 radical (unpaired) electrons. The van der Waals surface area contributed by atoms with Gasteiger partial charge < -0.3 is 10.1 Å². The highest BCUT2D eigenvalue weighted by atomic mass is 16.5. The number of amides is 1. The third kappa shape index (κ3) is 3.95. The molecule has 0 aromatic heterocycles. The molecule has 4 heteroatoms. The third-order valence-corrected chi connectivity index (χ3v) is 4.61. The van der Waals surface area contributed by atoms with E-state index in [-0.39, 0.29) is 5.91 Å². The molecule has 0 spiro atoms. The second-order valence-corrected chi connectivity index (χ2v) is 6.71. The minimum atomic E-state index is -0.106. The molecule has 1 saturated carbocycles. The summed E-state index contributed by atoms with van der Waals surface area (Å²) >= 11 is 0. The molecule has 1 aliphatic carbocycles. The van der Waals surface area contributed by atoms with E-state index in [0.29, 0.717) is 11.6 Å². The van der Waals surface area contributed by atoms with Gasteiger partial charge in [0.2, 0.25) is 0 Å². The van der Waals surface area contributed by atoms with Crippen LogP contribution in [0.15, 0.2) is 54.6 Å². The second-order valence-electron chi connectivity index (χ2n) is 6.71. The van der Waals surface area contributed by atoms with E-state index in [4.69, 9.17) is 4.74 Å². The molecule has 4 nitrogen and oxygen atoms in total. The number of hydrogen-bond donors (Lipinski definition) is 1. The van der Waals surface area contributed by atoms with Gasteiger partial charge in [-0.2, -0.15) is 0 Å². The summed E-state index contributed by atoms with van der Waals surface area (Å²) in [6, 6.07) is 17.4. The molecule has 2 unspecified atom stereocenters. The van der Waals surface area contributed by atoms with Gasteiger partial charge in [0.05, 0.1) is 6.04 Å². The van der Waals surface area contributed by atoms with Gasteiger partial charge in [0.15, 0.2) is 0 Å². The van der Waals surface area contributed by atoms with Crippen molar-refractivity contribution in [3.05, 3.63) is 60.2 Å². The Kier molecular flexibility index (Phi) is 4.22. The minimum absolute atomic E-state index is 0.106. The van der Waals surface area contributed by atoms with E-state index >= 15 is 0 Å². The largest absolute Gasteiger partial charge is 0.492 e. The molecule has 2 aliphatic rings. The number of carbonyl (C=O) groups is 1. The molecule has 2 aromatic rings. The fourth-order valence-electron chi connectivity index (χ4n) is 2.86. The lowest BCUT2D eigenvalue weighted by Gasteiger charge is -2.08. The first-order chi connectivity index (χ1) is 11.8. The second kappa shape index (κ2) is 6.65. The van der Waals surface area contributed by atoms with E-state index in [1.807, 2.05) is 54.6 Å². The molecule has 1 heterocycles. The van der Waals surface area contributed by atoms with E-state index in [9.17, 15) is 4.79 Å². The average Bonchev–Trinajstić information content (AvgIpc) is 3.53. The summed E-state index contributed by atoms with van der Waals surface area (Å²) in [7, 11) is 0. The van der Waals surface area contributed by atoms with Crippen LogP contribution in [0.3, 0.4) is 0 Å². The zero-order valence-corrected chi connectivity index (χ0v) is 13.7. The van der Waals surface area contributed by atoms with Crippen molar-refractivity contribution in [1.29, 1.82) is 0 Å². The molecule has 1 saturated heterocycles. The molecular weight excluding hydrogens is 300 g/mol. The Morgan fingerprint density at radius 1 is 1.08 bits per heavy atom. The Morgan fingerprint density at radius 3 is 2.54 bits per heavy atom. The van der Waals surface area contributed by atoms with Gasteiger partial charge in [-0.25, -0.2) is 0 Å². The lowest BCUT2D eigenvalue weighted by molar-refractivity contribution is 0.102. The molecule has 1 aliphatic heterocycles. The van der Waals surface area contributed by atoms with Crippen LogP contribution in [-0.4, -0.2) is 36.5 Å². The number of para-hydroxylation sites is 1. The van der Waals surface area contributed by atoms with E-state index in [1.165, 1.54) is 19.4 Å². The highest BCUT2D eigenvalue weighted by molar-refractivity contribution is 6.04. The number of nitrogens with one attached hydrogen (secondary N) is 1. The lowest BCUT2D eigenvalue weighted by Crippen LogP contribution is -2.13. The number of hydrogen-bond acceptors (Lipinski definition) is 3. The van der Waals surface area contributed by atoms with Gasteiger partial charge in [0.1, 0.15) is 12.4 Å². The van der Waals surface area contributed by atoms with Crippen LogP contribution in [0, 0.1) is 5.92 Å². The number of benzene rings is 2. The van der Waals surface area contributed by atoms with Crippen molar-refractivity contribution in [2.75, 3.05) is 25.0 Å². The SMILES string of the molecule is O=C(Nc1ccccc1)c1ccc(OCC2CN2CC2CC2)cc1. The fraction of sp³-hybridized carbons (Fsp3) is 0.350. The third-order valence-electron chi connectivity index (χ3n) is 4.61. The number of anilines is 1. The Morgan fingerprint density at radius 2 is 1.83 bits per heavy atom. The van der Waals surface area contributed by atoms with Gasteiger partial charge >= 0.3 is 0 Å². The molecule has 2 fully saturated rings. The molecular formula is C20H22N2O2. The monoisotopic (exact) mass is 322 g/mol. The standard InChI is InChI=1S/C20H22N2O2/c23-20(21-17-4-2-1-3-5-17)16-8-10-19(11-9-16)24-14-18-13-22(18)12-15-6-7-15/h1-5,8-11,15,18H,6-7,12-14H2,(H,21,23). The van der Waals surface area contributed by atoms with Crippen LogP contribution in [0.1, 0.15) is 23.2 Å². The summed E-state index contributed by atoms with van der Waals surface area (Å²) in [6.07, 6.45) is 2.80. The average molecular weight is 322 g/mol. The van der Waals surface area contributed by atoms with E-state index in [0.717, 1.165) is 30.5 Å². The number of rotatable bonds is 7. The Labute approximate surface area is 142 Å². The number of ether oxygens (including phenoxy) is 1. The zero-order valence-electron chi connectivity index (χ0n) is 13.7. The molecule has 0 bridgehead atoms. The van der Waals surface area contributed by atoms with Crippen LogP contribution < -0.4 is 10.1 Å². The van der Waals surface area contributed by atoms with Gasteiger partial charge in [-0.15, -0.1) is 0 Å². The Balaban J connectivity index is 1.26. The summed E-state index contributed by atoms with van der Waals surface area (Å²) < 4.78 is 5.84. The highest BCUT2D eigenvalue weighted by Gasteiger charge is 2.38. The van der Waals surface area contributed by atoms with E-state index in [2.05, 4.69) is 10.2 Å². The molecule has 2 atom stereocenters. The maximum absolute atomic E-state index is 12.2. The number of carbonyl (C=O) groups excluding carboxylic acids is 1. The maximum Gasteiger partial charge on any atom is 0.255 e. The summed E-state index contributed by atoms with van der Waals surface area (Å²) in [5.41, 5.74) is 1.43. The summed E-state index contributed by atoms with van der Waals surface area (Å²) in [4.78, 5) is 14.7. The highest BCUT2D eigenvalue weighted by Crippen LogP contribution is 2.33. The van der Waals surface area contributed by atoms with E-state index in [1.54, 1.807) is 0 Å². The smallest absolute Gasteiger partial charge is 0.255 e. The Hall–Kier alpha value is -2.33. The maximum atomic E-state index is 12.2. The van der Waals surface area contributed by atoms with Crippen LogP contribution in [0.5, 0.6) is 5.75 Å². The van der Waals surface area contributed by atoms with Gasteiger partial charge in [0, 0.05) is 24.3 Å². The quantitative estimate of drug-likeness (QED) is 0.794. The van der Waals surface area contributed by atoms with Crippen LogP contribution in [0.25, 0.3) is 0 Å². The van der Waals surface area contributed by atoms with Crippen molar-refractivity contribution in [3.63, 3.8) is 0 Å². The normalized spacial score (nSPS) is 22.0. The first kappa shape index (κ1) is 15.2. The van der Waals surface area contributed by atoms with Crippen molar-refractivity contribution in [2.45, 2.75) is 18.9 Å². The van der Waals surface area contributed by atoms with Crippen LogP contribution in [0.4, 0.5) is 5.69 Å². The predicted molar refractivity (Wildman–Crippen MR) is 94.4 cm³/mol. The Bertz CT molecular complexity index is 695. The zero-order chi connectivity index (χ0) is 16.4. The first-order valence-corrected chi connectivity index (χ1v) is 8.61. The summed E-state index contributed by atoms with van der Waals surface area (Å²) in [5.74, 6) is 1.66. The van der Waals surface area contributed by atoms with Crippen LogP contribution in [-0.2, 0) is 0 Å². The van der Waals surface area contributed by atoms with Crippen molar-refractivity contribution in [3.8, 4) is 5.75 Å². The minimum Gasteiger partial charge on any atom is -0.492 e. The van der Waals surface area contributed by atoms with Crippen LogP contribution in [0.2, 0.25) is 0 Å². The topological polar surface area (TPSA) is 41.3 Å². The van der Waals surface area contributed by atoms with Crippen molar-refractivity contribution in [1.82, 2.24) is 4.90 Å². The molecule has 4 rings (SSSR count). The van der Waals surface area contributed by atoms with Gasteiger partial charge in [0.25, 0.3) is 5.91 Å². The van der Waals surface area contributed by atoms with Gasteiger partial charge in [-0.1, -0.05) is 18.2 Å².